The van der Waals surface area contributed by atoms with Gasteiger partial charge in [0.2, 0.25) is 0 Å². The van der Waals surface area contributed by atoms with Gasteiger partial charge in [-0.2, -0.15) is 0 Å². The van der Waals surface area contributed by atoms with E-state index in [1.807, 2.05) is 12.3 Å². The minimum atomic E-state index is -0.0925. The number of nitrogens with zero attached hydrogens (tertiary/aromatic N) is 3. The molecule has 0 aliphatic carbocycles. The summed E-state index contributed by atoms with van der Waals surface area (Å²) in [5.74, 6) is 0. The molecule has 0 atom stereocenters. The summed E-state index contributed by atoms with van der Waals surface area (Å²) in [4.78, 5) is 21.0. The van der Waals surface area contributed by atoms with E-state index in [-0.39, 0.29) is 5.56 Å². The number of benzene rings is 1. The minimum Gasteiger partial charge on any atom is -0.399 e. The molecule has 0 bridgehead atoms. The van der Waals surface area contributed by atoms with E-state index in [0.29, 0.717) is 23.1 Å². The van der Waals surface area contributed by atoms with Crippen molar-refractivity contribution in [3.63, 3.8) is 0 Å². The van der Waals surface area contributed by atoms with Crippen molar-refractivity contribution in [3.05, 3.63) is 51.0 Å². The number of fused-ring (bicyclic) bond motifs is 1. The van der Waals surface area contributed by atoms with Crippen LogP contribution in [0.25, 0.3) is 10.9 Å². The normalized spacial score (nSPS) is 11.0. The van der Waals surface area contributed by atoms with E-state index in [2.05, 4.69) is 9.97 Å². The fraction of sp³-hybridized carbons (Fsp3) is 0.154. The summed E-state index contributed by atoms with van der Waals surface area (Å²) in [5, 5.41) is 3.40. The molecule has 1 aromatic carbocycles. The molecular formula is C13H12N4OS. The van der Waals surface area contributed by atoms with Crippen molar-refractivity contribution in [2.24, 2.45) is 0 Å². The Morgan fingerprint density at radius 2 is 2.26 bits per heavy atom. The third-order valence-electron chi connectivity index (χ3n) is 2.82. The molecule has 0 spiro atoms. The molecule has 0 saturated heterocycles. The Bertz CT molecular complexity index is 806. The molecule has 0 aliphatic heterocycles. The molecule has 3 aromatic rings. The molecule has 2 heterocycles. The van der Waals surface area contributed by atoms with Crippen molar-refractivity contribution in [2.75, 3.05) is 5.73 Å². The molecule has 2 aromatic heterocycles. The highest BCUT2D eigenvalue weighted by molar-refractivity contribution is 7.09. The smallest absolute Gasteiger partial charge is 0.261 e. The largest absolute Gasteiger partial charge is 0.399 e. The van der Waals surface area contributed by atoms with E-state index in [1.54, 1.807) is 29.1 Å². The summed E-state index contributed by atoms with van der Waals surface area (Å²) < 4.78 is 1.56. The van der Waals surface area contributed by atoms with Crippen LogP contribution in [0.15, 0.2) is 34.7 Å². The highest BCUT2D eigenvalue weighted by atomic mass is 32.1. The predicted octanol–water partition coefficient (Wildman–Crippen LogP) is 1.79. The number of aryl methyl sites for hydroxylation is 1. The Balaban J connectivity index is 2.09. The van der Waals surface area contributed by atoms with Gasteiger partial charge in [0.15, 0.2) is 0 Å². The van der Waals surface area contributed by atoms with Gasteiger partial charge in [0, 0.05) is 16.8 Å². The fourth-order valence-corrected chi connectivity index (χ4v) is 2.68. The van der Waals surface area contributed by atoms with Crippen molar-refractivity contribution >= 4 is 27.9 Å². The molecule has 5 nitrogen and oxygen atoms in total. The van der Waals surface area contributed by atoms with Gasteiger partial charge in [0.05, 0.1) is 23.8 Å². The van der Waals surface area contributed by atoms with Crippen LogP contribution in [-0.4, -0.2) is 14.5 Å². The van der Waals surface area contributed by atoms with Gasteiger partial charge in [-0.1, -0.05) is 0 Å². The Morgan fingerprint density at radius 1 is 1.42 bits per heavy atom. The monoisotopic (exact) mass is 272 g/mol. The van der Waals surface area contributed by atoms with Gasteiger partial charge >= 0.3 is 0 Å². The molecule has 3 rings (SSSR count). The van der Waals surface area contributed by atoms with Crippen LogP contribution in [-0.2, 0) is 6.54 Å². The van der Waals surface area contributed by atoms with Crippen LogP contribution >= 0.6 is 11.3 Å². The molecule has 2 N–H and O–H groups in total. The van der Waals surface area contributed by atoms with E-state index in [9.17, 15) is 4.79 Å². The lowest BCUT2D eigenvalue weighted by Gasteiger charge is -2.05. The van der Waals surface area contributed by atoms with Crippen molar-refractivity contribution < 1.29 is 0 Å². The number of nitrogens with two attached hydrogens (primary N) is 1. The molecule has 96 valence electrons. The van der Waals surface area contributed by atoms with E-state index in [1.165, 1.54) is 11.3 Å². The first kappa shape index (κ1) is 11.9. The summed E-state index contributed by atoms with van der Waals surface area (Å²) in [6.45, 7) is 2.37. The van der Waals surface area contributed by atoms with Crippen molar-refractivity contribution in [2.45, 2.75) is 13.5 Å². The standard InChI is InChI=1S/C13H12N4OS/c1-8-6-19-12(16-8)5-17-7-15-11-3-2-9(14)4-10(11)13(17)18/h2-4,6-7H,5,14H2,1H3. The molecule has 0 amide bonds. The number of anilines is 1. The van der Waals surface area contributed by atoms with Crippen LogP contribution in [0.3, 0.4) is 0 Å². The zero-order valence-electron chi connectivity index (χ0n) is 10.3. The average molecular weight is 272 g/mol. The van der Waals surface area contributed by atoms with Crippen LogP contribution in [0.1, 0.15) is 10.7 Å². The van der Waals surface area contributed by atoms with Crippen molar-refractivity contribution in [1.82, 2.24) is 14.5 Å². The second-order valence-electron chi connectivity index (χ2n) is 4.34. The third-order valence-corrected chi connectivity index (χ3v) is 3.77. The molecule has 0 unspecified atom stereocenters. The summed E-state index contributed by atoms with van der Waals surface area (Å²) in [6.07, 6.45) is 1.55. The number of aromatic nitrogens is 3. The van der Waals surface area contributed by atoms with Crippen LogP contribution < -0.4 is 11.3 Å². The van der Waals surface area contributed by atoms with Crippen LogP contribution in [0.4, 0.5) is 5.69 Å². The van der Waals surface area contributed by atoms with Gasteiger partial charge in [-0.25, -0.2) is 9.97 Å². The summed E-state index contributed by atoms with van der Waals surface area (Å²) >= 11 is 1.54. The van der Waals surface area contributed by atoms with Crippen LogP contribution in [0, 0.1) is 6.92 Å². The highest BCUT2D eigenvalue weighted by Crippen LogP contribution is 2.13. The van der Waals surface area contributed by atoms with Gasteiger partial charge in [-0.15, -0.1) is 11.3 Å². The predicted molar refractivity (Wildman–Crippen MR) is 76.4 cm³/mol. The molecular weight excluding hydrogens is 260 g/mol. The first-order valence-electron chi connectivity index (χ1n) is 5.79. The number of hydrogen-bond donors (Lipinski definition) is 1. The quantitative estimate of drug-likeness (QED) is 0.722. The summed E-state index contributed by atoms with van der Waals surface area (Å²) in [6, 6.07) is 5.15. The first-order valence-corrected chi connectivity index (χ1v) is 6.67. The Kier molecular flexibility index (Phi) is 2.79. The van der Waals surface area contributed by atoms with Crippen LogP contribution in [0.2, 0.25) is 0 Å². The number of thiazole rings is 1. The van der Waals surface area contributed by atoms with Gasteiger partial charge in [0.25, 0.3) is 5.56 Å². The van der Waals surface area contributed by atoms with Crippen molar-refractivity contribution in [3.8, 4) is 0 Å². The molecule has 0 radical (unpaired) electrons. The fourth-order valence-electron chi connectivity index (χ4n) is 1.91. The maximum Gasteiger partial charge on any atom is 0.261 e. The summed E-state index contributed by atoms with van der Waals surface area (Å²) in [5.41, 5.74) is 7.81. The first-order chi connectivity index (χ1) is 9.13. The van der Waals surface area contributed by atoms with Gasteiger partial charge < -0.3 is 5.73 Å². The van der Waals surface area contributed by atoms with E-state index >= 15 is 0 Å². The van der Waals surface area contributed by atoms with Gasteiger partial charge in [-0.05, 0) is 25.1 Å². The SMILES string of the molecule is Cc1csc(Cn2cnc3ccc(N)cc3c2=O)n1. The van der Waals surface area contributed by atoms with E-state index in [4.69, 9.17) is 5.73 Å². The van der Waals surface area contributed by atoms with E-state index < -0.39 is 0 Å². The zero-order chi connectivity index (χ0) is 13.4. The second kappa shape index (κ2) is 4.47. The maximum absolute atomic E-state index is 12.3. The molecule has 0 fully saturated rings. The Labute approximate surface area is 113 Å². The van der Waals surface area contributed by atoms with Crippen LogP contribution in [0.5, 0.6) is 0 Å². The molecule has 19 heavy (non-hydrogen) atoms. The molecule has 0 aliphatic rings. The lowest BCUT2D eigenvalue weighted by Crippen LogP contribution is -2.21. The van der Waals surface area contributed by atoms with E-state index in [0.717, 1.165) is 10.7 Å². The number of rotatable bonds is 2. The Hall–Kier alpha value is -2.21. The lowest BCUT2D eigenvalue weighted by atomic mass is 10.2. The maximum atomic E-state index is 12.3. The Morgan fingerprint density at radius 3 is 3.00 bits per heavy atom. The third kappa shape index (κ3) is 2.22. The molecule has 6 heteroatoms. The molecule has 0 saturated carbocycles. The van der Waals surface area contributed by atoms with Gasteiger partial charge in [-0.3, -0.25) is 9.36 Å². The zero-order valence-corrected chi connectivity index (χ0v) is 11.1. The lowest BCUT2D eigenvalue weighted by molar-refractivity contribution is 0.742. The number of hydrogen-bond acceptors (Lipinski definition) is 5. The number of nitrogen functional groups attached to an aromatic ring is 1. The minimum absolute atomic E-state index is 0.0925. The van der Waals surface area contributed by atoms with Gasteiger partial charge in [0.1, 0.15) is 5.01 Å². The highest BCUT2D eigenvalue weighted by Gasteiger charge is 2.06. The van der Waals surface area contributed by atoms with Crippen molar-refractivity contribution in [1.29, 1.82) is 0 Å². The summed E-state index contributed by atoms with van der Waals surface area (Å²) in [7, 11) is 0. The average Bonchev–Trinajstić information content (AvgIpc) is 2.79. The second-order valence-corrected chi connectivity index (χ2v) is 5.28. The topological polar surface area (TPSA) is 73.8 Å².